The van der Waals surface area contributed by atoms with Crippen molar-refractivity contribution in [2.45, 2.75) is 75.5 Å². The summed E-state index contributed by atoms with van der Waals surface area (Å²) in [5.74, 6) is 0. The standard InChI is InChI=1S/C23H30ClNS/c1-3-7-18-12-15-22(24)23(21(18)4-2)25-16-17-10-13-20(14-11-17)26-19-8-5-6-9-19/h10-15,19,25H,3-9,16H2,1-2H3. The third-order valence-electron chi connectivity index (χ3n) is 5.23. The lowest BCUT2D eigenvalue weighted by Crippen LogP contribution is -2.05. The number of thioether (sulfide) groups is 1. The van der Waals surface area contributed by atoms with Crippen molar-refractivity contribution in [1.29, 1.82) is 0 Å². The summed E-state index contributed by atoms with van der Waals surface area (Å²) >= 11 is 8.55. The molecule has 0 aromatic heterocycles. The molecule has 1 aliphatic carbocycles. The highest BCUT2D eigenvalue weighted by molar-refractivity contribution is 8.00. The highest BCUT2D eigenvalue weighted by Gasteiger charge is 2.16. The van der Waals surface area contributed by atoms with Crippen LogP contribution in [0.3, 0.4) is 0 Å². The minimum atomic E-state index is 0.816. The lowest BCUT2D eigenvalue weighted by atomic mass is 9.99. The Morgan fingerprint density at radius 3 is 2.42 bits per heavy atom. The van der Waals surface area contributed by atoms with Gasteiger partial charge in [-0.1, -0.05) is 62.9 Å². The first-order valence-corrected chi connectivity index (χ1v) is 11.3. The highest BCUT2D eigenvalue weighted by Crippen LogP contribution is 2.35. The van der Waals surface area contributed by atoms with Gasteiger partial charge in [0.1, 0.15) is 0 Å². The summed E-state index contributed by atoms with van der Waals surface area (Å²) in [6.45, 7) is 5.26. The maximum atomic E-state index is 6.50. The molecule has 1 nitrogen and oxygen atoms in total. The molecule has 1 N–H and O–H groups in total. The molecule has 2 aromatic carbocycles. The first-order valence-electron chi connectivity index (χ1n) is 10.0. The van der Waals surface area contributed by atoms with Gasteiger partial charge in [0.15, 0.2) is 0 Å². The van der Waals surface area contributed by atoms with Crippen molar-refractivity contribution in [3.8, 4) is 0 Å². The molecule has 0 bridgehead atoms. The Kier molecular flexibility index (Phi) is 7.33. The van der Waals surface area contributed by atoms with Gasteiger partial charge in [-0.15, -0.1) is 11.8 Å². The highest BCUT2D eigenvalue weighted by atomic mass is 35.5. The second kappa shape index (κ2) is 9.71. The normalized spacial score (nSPS) is 14.7. The smallest absolute Gasteiger partial charge is 0.0640 e. The van der Waals surface area contributed by atoms with Gasteiger partial charge in [-0.3, -0.25) is 0 Å². The average molecular weight is 388 g/mol. The summed E-state index contributed by atoms with van der Waals surface area (Å²) in [6, 6.07) is 13.3. The molecule has 1 saturated carbocycles. The number of rotatable bonds is 8. The number of aryl methyl sites for hydroxylation is 1. The molecule has 0 aliphatic heterocycles. The topological polar surface area (TPSA) is 12.0 Å². The van der Waals surface area contributed by atoms with Gasteiger partial charge < -0.3 is 5.32 Å². The van der Waals surface area contributed by atoms with Gasteiger partial charge in [0.25, 0.3) is 0 Å². The largest absolute Gasteiger partial charge is 0.380 e. The Morgan fingerprint density at radius 2 is 1.77 bits per heavy atom. The van der Waals surface area contributed by atoms with Crippen molar-refractivity contribution in [3.63, 3.8) is 0 Å². The maximum absolute atomic E-state index is 6.50. The van der Waals surface area contributed by atoms with Crippen molar-refractivity contribution < 1.29 is 0 Å². The van der Waals surface area contributed by atoms with Gasteiger partial charge in [0.05, 0.1) is 10.7 Å². The van der Waals surface area contributed by atoms with Crippen LogP contribution in [-0.4, -0.2) is 5.25 Å². The number of hydrogen-bond donors (Lipinski definition) is 1. The molecule has 0 saturated heterocycles. The summed E-state index contributed by atoms with van der Waals surface area (Å²) in [4.78, 5) is 1.40. The number of anilines is 1. The van der Waals surface area contributed by atoms with E-state index >= 15 is 0 Å². The molecule has 0 radical (unpaired) electrons. The first kappa shape index (κ1) is 19.6. The van der Waals surface area contributed by atoms with Gasteiger partial charge in [0, 0.05) is 16.7 Å². The van der Waals surface area contributed by atoms with Crippen LogP contribution in [0.25, 0.3) is 0 Å². The quantitative estimate of drug-likeness (QED) is 0.503. The first-order chi connectivity index (χ1) is 12.7. The molecular formula is C23H30ClNS. The Bertz CT molecular complexity index is 705. The Labute approximate surface area is 167 Å². The molecule has 0 atom stereocenters. The lowest BCUT2D eigenvalue weighted by Gasteiger charge is -2.17. The Morgan fingerprint density at radius 1 is 1.04 bits per heavy atom. The van der Waals surface area contributed by atoms with E-state index in [0.29, 0.717) is 0 Å². The fourth-order valence-electron chi connectivity index (χ4n) is 3.84. The molecule has 3 rings (SSSR count). The number of nitrogens with one attached hydrogen (secondary N) is 1. The van der Waals surface area contributed by atoms with Crippen LogP contribution in [0.5, 0.6) is 0 Å². The van der Waals surface area contributed by atoms with Gasteiger partial charge in [-0.2, -0.15) is 0 Å². The molecule has 26 heavy (non-hydrogen) atoms. The van der Waals surface area contributed by atoms with Gasteiger partial charge in [0.2, 0.25) is 0 Å². The van der Waals surface area contributed by atoms with Crippen LogP contribution in [0.4, 0.5) is 5.69 Å². The second-order valence-electron chi connectivity index (χ2n) is 7.19. The van der Waals surface area contributed by atoms with Crippen molar-refractivity contribution in [3.05, 3.63) is 58.1 Å². The van der Waals surface area contributed by atoms with E-state index in [0.717, 1.165) is 41.8 Å². The summed E-state index contributed by atoms with van der Waals surface area (Å²) < 4.78 is 0. The lowest BCUT2D eigenvalue weighted by molar-refractivity contribution is 0.886. The van der Waals surface area contributed by atoms with Crippen LogP contribution in [0.15, 0.2) is 41.3 Å². The van der Waals surface area contributed by atoms with Gasteiger partial charge in [-0.05, 0) is 60.6 Å². The van der Waals surface area contributed by atoms with E-state index in [-0.39, 0.29) is 0 Å². The third kappa shape index (κ3) is 4.98. The number of benzene rings is 2. The predicted molar refractivity (Wildman–Crippen MR) is 117 cm³/mol. The minimum Gasteiger partial charge on any atom is -0.380 e. The monoisotopic (exact) mass is 387 g/mol. The van der Waals surface area contributed by atoms with Crippen LogP contribution in [0.2, 0.25) is 5.02 Å². The summed E-state index contributed by atoms with van der Waals surface area (Å²) in [6.07, 6.45) is 8.83. The van der Waals surface area contributed by atoms with Crippen LogP contribution in [-0.2, 0) is 19.4 Å². The molecule has 0 spiro atoms. The summed E-state index contributed by atoms with van der Waals surface area (Å²) in [7, 11) is 0. The van der Waals surface area contributed by atoms with E-state index in [1.54, 1.807) is 0 Å². The molecule has 1 aliphatic rings. The molecular weight excluding hydrogens is 358 g/mol. The van der Waals surface area contributed by atoms with Crippen molar-refractivity contribution in [2.24, 2.45) is 0 Å². The maximum Gasteiger partial charge on any atom is 0.0640 e. The van der Waals surface area contributed by atoms with Gasteiger partial charge in [-0.25, -0.2) is 0 Å². The van der Waals surface area contributed by atoms with E-state index in [9.17, 15) is 0 Å². The molecule has 1 fully saturated rings. The molecule has 0 heterocycles. The summed E-state index contributed by atoms with van der Waals surface area (Å²) in [5, 5.41) is 5.26. The minimum absolute atomic E-state index is 0.816. The van der Waals surface area contributed by atoms with Crippen LogP contribution in [0.1, 0.15) is 62.6 Å². The van der Waals surface area contributed by atoms with Crippen LogP contribution >= 0.6 is 23.4 Å². The molecule has 140 valence electrons. The zero-order valence-corrected chi connectivity index (χ0v) is 17.6. The van der Waals surface area contributed by atoms with Crippen LogP contribution < -0.4 is 5.32 Å². The van der Waals surface area contributed by atoms with Crippen molar-refractivity contribution >= 4 is 29.1 Å². The fourth-order valence-corrected chi connectivity index (χ4v) is 5.33. The van der Waals surface area contributed by atoms with Crippen molar-refractivity contribution in [1.82, 2.24) is 0 Å². The van der Waals surface area contributed by atoms with E-state index in [2.05, 4.69) is 49.5 Å². The van der Waals surface area contributed by atoms with E-state index < -0.39 is 0 Å². The SMILES string of the molecule is CCCc1ccc(Cl)c(NCc2ccc(SC3CCCC3)cc2)c1CC. The Balaban J connectivity index is 1.65. The second-order valence-corrected chi connectivity index (χ2v) is 8.97. The third-order valence-corrected chi connectivity index (χ3v) is 6.89. The number of halogens is 1. The molecule has 0 unspecified atom stereocenters. The van der Waals surface area contributed by atoms with E-state index in [1.165, 1.54) is 47.3 Å². The summed E-state index contributed by atoms with van der Waals surface area (Å²) in [5.41, 5.74) is 5.21. The number of hydrogen-bond acceptors (Lipinski definition) is 2. The average Bonchev–Trinajstić information content (AvgIpc) is 3.16. The van der Waals surface area contributed by atoms with Crippen LogP contribution in [0, 0.1) is 0 Å². The van der Waals surface area contributed by atoms with Crippen molar-refractivity contribution in [2.75, 3.05) is 5.32 Å². The molecule has 3 heteroatoms. The zero-order valence-electron chi connectivity index (χ0n) is 16.0. The van der Waals surface area contributed by atoms with E-state index in [1.807, 2.05) is 17.8 Å². The molecule has 0 amide bonds. The predicted octanol–water partition coefficient (Wildman–Crippen LogP) is 7.50. The molecule has 2 aromatic rings. The fraction of sp³-hybridized carbons (Fsp3) is 0.478. The zero-order chi connectivity index (χ0) is 18.4. The Hall–Kier alpha value is -1.12. The van der Waals surface area contributed by atoms with E-state index in [4.69, 9.17) is 11.6 Å². The van der Waals surface area contributed by atoms with Gasteiger partial charge >= 0.3 is 0 Å².